The number of hydrogen-bond acceptors (Lipinski definition) is 4. The number of non-ortho nitro benzene ring substituents is 1. The second-order valence-corrected chi connectivity index (χ2v) is 4.13. The maximum atomic E-state index is 13.2. The molecule has 0 radical (unpaired) electrons. The van der Waals surface area contributed by atoms with Crippen LogP contribution >= 0.6 is 0 Å². The van der Waals surface area contributed by atoms with Gasteiger partial charge in [0.25, 0.3) is 5.69 Å². The van der Waals surface area contributed by atoms with Gasteiger partial charge in [0, 0.05) is 24.8 Å². The Hall–Kier alpha value is -1.95. The van der Waals surface area contributed by atoms with Crippen LogP contribution in [0.1, 0.15) is 6.42 Å². The number of benzene rings is 1. The molecular weight excluding hydrogens is 237 g/mol. The Morgan fingerprint density at radius 3 is 2.94 bits per heavy atom. The van der Waals surface area contributed by atoms with Crippen molar-refractivity contribution in [2.45, 2.75) is 6.42 Å². The summed E-state index contributed by atoms with van der Waals surface area (Å²) in [7, 11) is 0. The van der Waals surface area contributed by atoms with Crippen LogP contribution in [0.4, 0.5) is 15.8 Å². The predicted octanol–water partition coefficient (Wildman–Crippen LogP) is 2.07. The summed E-state index contributed by atoms with van der Waals surface area (Å²) in [5.74, 6) is -0.606. The fourth-order valence-electron chi connectivity index (χ4n) is 1.83. The predicted molar refractivity (Wildman–Crippen MR) is 67.1 cm³/mol. The number of nitrogens with zero attached hydrogens (tertiary/aromatic N) is 1. The largest absolute Gasteiger partial charge is 0.381 e. The number of rotatable bonds is 4. The second-order valence-electron chi connectivity index (χ2n) is 4.13. The zero-order valence-corrected chi connectivity index (χ0v) is 9.78. The van der Waals surface area contributed by atoms with Gasteiger partial charge in [-0.3, -0.25) is 10.1 Å². The highest BCUT2D eigenvalue weighted by atomic mass is 19.1. The minimum atomic E-state index is -0.606. The van der Waals surface area contributed by atoms with E-state index in [1.165, 1.54) is 17.7 Å². The number of hydrogen-bond donors (Lipinski definition) is 2. The van der Waals surface area contributed by atoms with Gasteiger partial charge in [-0.25, -0.2) is 4.39 Å². The molecule has 0 bridgehead atoms. The zero-order chi connectivity index (χ0) is 13.0. The molecule has 0 amide bonds. The molecule has 0 atom stereocenters. The molecule has 2 rings (SSSR count). The second kappa shape index (κ2) is 5.59. The molecule has 1 aromatic rings. The zero-order valence-electron chi connectivity index (χ0n) is 9.78. The lowest BCUT2D eigenvalue weighted by molar-refractivity contribution is -0.385. The molecule has 0 spiro atoms. The fraction of sp³-hybridized carbons (Fsp3) is 0.333. The smallest absolute Gasteiger partial charge is 0.274 e. The molecule has 5 nitrogen and oxygen atoms in total. The van der Waals surface area contributed by atoms with Gasteiger partial charge in [0.2, 0.25) is 0 Å². The molecule has 1 aromatic carbocycles. The first-order valence-corrected chi connectivity index (χ1v) is 5.72. The van der Waals surface area contributed by atoms with Gasteiger partial charge in [-0.2, -0.15) is 0 Å². The van der Waals surface area contributed by atoms with E-state index in [9.17, 15) is 14.5 Å². The van der Waals surface area contributed by atoms with Crippen molar-refractivity contribution in [2.75, 3.05) is 25.0 Å². The third-order valence-corrected chi connectivity index (χ3v) is 2.77. The van der Waals surface area contributed by atoms with E-state index >= 15 is 0 Å². The third-order valence-electron chi connectivity index (χ3n) is 2.77. The van der Waals surface area contributed by atoms with E-state index in [1.54, 1.807) is 0 Å². The Balaban J connectivity index is 2.04. The van der Waals surface area contributed by atoms with Crippen LogP contribution in [0.25, 0.3) is 0 Å². The lowest BCUT2D eigenvalue weighted by atomic mass is 10.1. The molecule has 1 heterocycles. The highest BCUT2D eigenvalue weighted by Gasteiger charge is 2.10. The van der Waals surface area contributed by atoms with Crippen LogP contribution in [-0.2, 0) is 0 Å². The Morgan fingerprint density at radius 2 is 2.28 bits per heavy atom. The van der Waals surface area contributed by atoms with Crippen molar-refractivity contribution >= 4 is 11.4 Å². The van der Waals surface area contributed by atoms with Gasteiger partial charge in [0.05, 0.1) is 11.0 Å². The Labute approximate surface area is 104 Å². The summed E-state index contributed by atoms with van der Waals surface area (Å²) in [6, 6.07) is 3.51. The number of halogens is 1. The standard InChI is InChI=1S/C12H14FN3O2/c13-10-5-11(7-12(6-10)16(17)18)15-8-9-1-3-14-4-2-9/h1,5-7,14-15H,2-4,8H2. The highest BCUT2D eigenvalue weighted by Crippen LogP contribution is 2.20. The molecule has 1 aliphatic heterocycles. The summed E-state index contributed by atoms with van der Waals surface area (Å²) >= 11 is 0. The first-order chi connectivity index (χ1) is 8.65. The summed E-state index contributed by atoms with van der Waals surface area (Å²) in [6.07, 6.45) is 3.01. The molecule has 18 heavy (non-hydrogen) atoms. The van der Waals surface area contributed by atoms with Crippen LogP contribution in [0.2, 0.25) is 0 Å². The molecule has 0 fully saturated rings. The van der Waals surface area contributed by atoms with E-state index < -0.39 is 10.7 Å². The van der Waals surface area contributed by atoms with E-state index in [2.05, 4.69) is 16.7 Å². The summed E-state index contributed by atoms with van der Waals surface area (Å²) in [5.41, 5.74) is 1.42. The van der Waals surface area contributed by atoms with E-state index in [0.29, 0.717) is 12.2 Å². The fourth-order valence-corrected chi connectivity index (χ4v) is 1.83. The Bertz CT molecular complexity index is 488. The maximum absolute atomic E-state index is 13.2. The topological polar surface area (TPSA) is 67.2 Å². The Kier molecular flexibility index (Phi) is 3.88. The number of anilines is 1. The molecule has 0 saturated heterocycles. The molecule has 96 valence electrons. The Morgan fingerprint density at radius 1 is 1.44 bits per heavy atom. The van der Waals surface area contributed by atoms with Crippen LogP contribution in [-0.4, -0.2) is 24.6 Å². The molecule has 2 N–H and O–H groups in total. The van der Waals surface area contributed by atoms with Crippen molar-refractivity contribution in [3.05, 3.63) is 45.8 Å². The molecular formula is C12H14FN3O2. The van der Waals surface area contributed by atoms with Crippen LogP contribution < -0.4 is 10.6 Å². The number of nitrogens with one attached hydrogen (secondary N) is 2. The van der Waals surface area contributed by atoms with Gasteiger partial charge in [0.1, 0.15) is 5.82 Å². The van der Waals surface area contributed by atoms with Crippen molar-refractivity contribution in [3.63, 3.8) is 0 Å². The molecule has 6 heteroatoms. The molecule has 1 aliphatic rings. The van der Waals surface area contributed by atoms with E-state index in [-0.39, 0.29) is 5.69 Å². The first-order valence-electron chi connectivity index (χ1n) is 5.72. The molecule has 0 saturated carbocycles. The summed E-state index contributed by atoms with van der Waals surface area (Å²) in [4.78, 5) is 10.0. The van der Waals surface area contributed by atoms with Crippen LogP contribution in [0.15, 0.2) is 29.8 Å². The van der Waals surface area contributed by atoms with Crippen LogP contribution in [0.5, 0.6) is 0 Å². The highest BCUT2D eigenvalue weighted by molar-refractivity contribution is 5.52. The number of nitro benzene ring substituents is 1. The lowest BCUT2D eigenvalue weighted by Gasteiger charge is -2.15. The molecule has 0 unspecified atom stereocenters. The van der Waals surface area contributed by atoms with E-state index in [1.807, 2.05) is 0 Å². The van der Waals surface area contributed by atoms with Crippen molar-refractivity contribution < 1.29 is 9.31 Å². The molecule has 0 aromatic heterocycles. The average molecular weight is 251 g/mol. The van der Waals surface area contributed by atoms with Crippen molar-refractivity contribution in [1.29, 1.82) is 0 Å². The minimum Gasteiger partial charge on any atom is -0.381 e. The number of nitro groups is 1. The van der Waals surface area contributed by atoms with Gasteiger partial charge in [-0.05, 0) is 19.0 Å². The van der Waals surface area contributed by atoms with Crippen LogP contribution in [0.3, 0.4) is 0 Å². The molecule has 0 aliphatic carbocycles. The average Bonchev–Trinajstić information content (AvgIpc) is 2.37. The van der Waals surface area contributed by atoms with Crippen molar-refractivity contribution in [2.24, 2.45) is 0 Å². The summed E-state index contributed by atoms with van der Waals surface area (Å²) < 4.78 is 13.2. The summed E-state index contributed by atoms with van der Waals surface area (Å²) in [6.45, 7) is 2.35. The van der Waals surface area contributed by atoms with Gasteiger partial charge < -0.3 is 10.6 Å². The minimum absolute atomic E-state index is 0.239. The normalized spacial score (nSPS) is 15.1. The van der Waals surface area contributed by atoms with Gasteiger partial charge in [-0.1, -0.05) is 11.6 Å². The van der Waals surface area contributed by atoms with E-state index in [0.717, 1.165) is 25.6 Å². The van der Waals surface area contributed by atoms with Crippen LogP contribution in [0, 0.1) is 15.9 Å². The summed E-state index contributed by atoms with van der Waals surface area (Å²) in [5, 5.41) is 16.8. The first kappa shape index (κ1) is 12.5. The lowest BCUT2D eigenvalue weighted by Crippen LogP contribution is -2.23. The quantitative estimate of drug-likeness (QED) is 0.488. The van der Waals surface area contributed by atoms with Gasteiger partial charge >= 0.3 is 0 Å². The monoisotopic (exact) mass is 251 g/mol. The SMILES string of the molecule is O=[N+]([O-])c1cc(F)cc(NCC2=CCNCC2)c1. The van der Waals surface area contributed by atoms with Gasteiger partial charge in [-0.15, -0.1) is 0 Å². The van der Waals surface area contributed by atoms with E-state index in [4.69, 9.17) is 0 Å². The maximum Gasteiger partial charge on any atom is 0.274 e. The van der Waals surface area contributed by atoms with Crippen molar-refractivity contribution in [3.8, 4) is 0 Å². The van der Waals surface area contributed by atoms with Crippen molar-refractivity contribution in [1.82, 2.24) is 5.32 Å². The third kappa shape index (κ3) is 3.27. The van der Waals surface area contributed by atoms with Gasteiger partial charge in [0.15, 0.2) is 0 Å².